The Morgan fingerprint density at radius 3 is 2.30 bits per heavy atom. The molecule has 0 unspecified atom stereocenters. The number of fused-ring (bicyclic) bond motifs is 1. The van der Waals surface area contributed by atoms with Gasteiger partial charge in [-0.1, -0.05) is 11.6 Å². The van der Waals surface area contributed by atoms with Crippen molar-refractivity contribution in [3.05, 3.63) is 63.6 Å². The van der Waals surface area contributed by atoms with Crippen LogP contribution >= 0.6 is 11.6 Å². The maximum atomic E-state index is 14.8. The maximum Gasteiger partial charge on any atom is 0.225 e. The fourth-order valence-electron chi connectivity index (χ4n) is 3.53. The van der Waals surface area contributed by atoms with Crippen LogP contribution in [0.15, 0.2) is 35.0 Å². The summed E-state index contributed by atoms with van der Waals surface area (Å²) in [5.41, 5.74) is 0.0251. The van der Waals surface area contributed by atoms with Crippen LogP contribution < -0.4 is 10.2 Å². The second kappa shape index (κ2) is 7.77. The monoisotopic (exact) mass is 432 g/mol. The van der Waals surface area contributed by atoms with Gasteiger partial charge in [0.05, 0.1) is 5.56 Å². The van der Waals surface area contributed by atoms with Crippen LogP contribution in [0.1, 0.15) is 26.5 Å². The minimum Gasteiger partial charge on any atom is -0.369 e. The number of nitrogens with zero attached hydrogens (tertiary/aromatic N) is 3. The van der Waals surface area contributed by atoms with Crippen molar-refractivity contribution < 1.29 is 18.4 Å². The number of halogens is 3. The van der Waals surface area contributed by atoms with Crippen LogP contribution in [0, 0.1) is 18.6 Å². The van der Waals surface area contributed by atoms with Gasteiger partial charge in [-0.3, -0.25) is 9.59 Å². The third-order valence-electron chi connectivity index (χ3n) is 5.29. The molecule has 6 nitrogen and oxygen atoms in total. The van der Waals surface area contributed by atoms with Crippen LogP contribution in [0.4, 0.5) is 20.2 Å². The molecule has 1 fully saturated rings. The smallest absolute Gasteiger partial charge is 0.225 e. The van der Waals surface area contributed by atoms with Crippen LogP contribution in [0.2, 0.25) is 0 Å². The molecule has 0 saturated carbocycles. The Hall–Kier alpha value is -2.84. The second-order valence-corrected chi connectivity index (χ2v) is 7.77. The number of Topliss-reactive ketones (excluding diaryl/α,β-unsaturated/α-hetero) is 2. The van der Waals surface area contributed by atoms with Crippen LogP contribution in [-0.4, -0.2) is 54.7 Å². The van der Waals surface area contributed by atoms with Crippen molar-refractivity contribution in [2.45, 2.75) is 6.92 Å². The van der Waals surface area contributed by atoms with Crippen molar-refractivity contribution >= 4 is 34.5 Å². The molecular formula is C21H19ClF2N4O2. The molecule has 0 atom stereocenters. The summed E-state index contributed by atoms with van der Waals surface area (Å²) >= 11 is 6.08. The molecule has 2 heterocycles. The average molecular weight is 433 g/mol. The molecule has 2 aromatic rings. The lowest BCUT2D eigenvalue weighted by molar-refractivity contribution is 0.0978. The van der Waals surface area contributed by atoms with Crippen molar-refractivity contribution in [2.24, 2.45) is 0 Å². The number of hydrogen-bond donors (Lipinski definition) is 1. The summed E-state index contributed by atoms with van der Waals surface area (Å²) in [6.07, 6.45) is 0. The molecule has 0 bridgehead atoms. The Bertz CT molecular complexity index is 1070. The highest BCUT2D eigenvalue weighted by Crippen LogP contribution is 2.32. The van der Waals surface area contributed by atoms with Gasteiger partial charge in [-0.25, -0.2) is 13.8 Å². The van der Waals surface area contributed by atoms with E-state index in [9.17, 15) is 18.4 Å². The Balaban J connectivity index is 1.66. The molecule has 1 aromatic heterocycles. The predicted molar refractivity (Wildman–Crippen MR) is 110 cm³/mol. The third kappa shape index (κ3) is 3.57. The highest BCUT2D eigenvalue weighted by atomic mass is 35.5. The lowest BCUT2D eigenvalue weighted by Crippen LogP contribution is -2.44. The number of piperazine rings is 1. The van der Waals surface area contributed by atoms with Crippen molar-refractivity contribution in [3.63, 3.8) is 0 Å². The van der Waals surface area contributed by atoms with Crippen LogP contribution in [-0.2, 0) is 0 Å². The molecule has 0 amide bonds. The summed E-state index contributed by atoms with van der Waals surface area (Å²) in [7, 11) is 1.99. The number of carbonyl (C=O) groups excluding carboxylic acids is 2. The van der Waals surface area contributed by atoms with E-state index in [2.05, 4.69) is 15.2 Å². The summed E-state index contributed by atoms with van der Waals surface area (Å²) in [6, 6.07) is 5.44. The first-order valence-corrected chi connectivity index (χ1v) is 9.80. The number of anilines is 2. The van der Waals surface area contributed by atoms with E-state index in [1.165, 1.54) is 18.2 Å². The number of allylic oxidation sites excluding steroid dienone is 2. The molecule has 9 heteroatoms. The van der Waals surface area contributed by atoms with Crippen molar-refractivity contribution in [1.29, 1.82) is 0 Å². The largest absolute Gasteiger partial charge is 0.369 e. The van der Waals surface area contributed by atoms with Crippen molar-refractivity contribution in [2.75, 3.05) is 43.4 Å². The zero-order valence-corrected chi connectivity index (χ0v) is 17.2. The van der Waals surface area contributed by atoms with E-state index in [0.717, 1.165) is 13.1 Å². The molecule has 1 N–H and O–H groups in total. The molecule has 156 valence electrons. The molecule has 1 aromatic carbocycles. The number of carbonyl (C=O) groups is 2. The quantitative estimate of drug-likeness (QED) is 0.802. The topological polar surface area (TPSA) is 65.5 Å². The van der Waals surface area contributed by atoms with Gasteiger partial charge in [0.15, 0.2) is 11.6 Å². The second-order valence-electron chi connectivity index (χ2n) is 7.40. The standard InChI is InChI=1S/C21H19ClF2N4O2/c1-11-3-4-13-17(25-11)21(30)16(22)19(20(13)29)26-18-14(23)9-12(10-15(18)24)28-7-5-27(2)6-8-28/h3-4,9-10,26H,5-8H2,1-2H3. The number of nitrogens with one attached hydrogen (secondary N) is 1. The Labute approximate surface area is 177 Å². The summed E-state index contributed by atoms with van der Waals surface area (Å²) < 4.78 is 29.6. The predicted octanol–water partition coefficient (Wildman–Crippen LogP) is 3.36. The van der Waals surface area contributed by atoms with Crippen molar-refractivity contribution in [1.82, 2.24) is 9.88 Å². The van der Waals surface area contributed by atoms with Gasteiger partial charge in [0, 0.05) is 37.6 Å². The number of likely N-dealkylation sites (N-methyl/N-ethyl adjacent to an activating group) is 1. The van der Waals surface area contributed by atoms with E-state index in [0.29, 0.717) is 24.5 Å². The van der Waals surface area contributed by atoms with Gasteiger partial charge in [0.2, 0.25) is 11.6 Å². The first-order chi connectivity index (χ1) is 14.3. The number of aryl methyl sites for hydroxylation is 1. The molecule has 2 aliphatic rings. The third-order valence-corrected chi connectivity index (χ3v) is 5.65. The fraction of sp³-hybridized carbons (Fsp3) is 0.286. The van der Waals surface area contributed by atoms with Crippen LogP contribution in [0.5, 0.6) is 0 Å². The summed E-state index contributed by atoms with van der Waals surface area (Å²) in [4.78, 5) is 33.4. The van der Waals surface area contributed by atoms with Gasteiger partial charge in [0.1, 0.15) is 22.1 Å². The van der Waals surface area contributed by atoms with Crippen molar-refractivity contribution in [3.8, 4) is 0 Å². The van der Waals surface area contributed by atoms with Gasteiger partial charge in [-0.15, -0.1) is 0 Å². The van der Waals surface area contributed by atoms with E-state index < -0.39 is 33.9 Å². The highest BCUT2D eigenvalue weighted by Gasteiger charge is 2.34. The number of aromatic nitrogens is 1. The SMILES string of the molecule is Cc1ccc2c(n1)C(=O)C(Cl)=C(Nc1c(F)cc(N3CCN(C)CC3)cc1F)C2=O. The van der Waals surface area contributed by atoms with Crippen LogP contribution in [0.25, 0.3) is 0 Å². The zero-order valence-electron chi connectivity index (χ0n) is 16.4. The minimum absolute atomic E-state index is 0.0346. The lowest BCUT2D eigenvalue weighted by Gasteiger charge is -2.34. The van der Waals surface area contributed by atoms with E-state index in [-0.39, 0.29) is 17.0 Å². The Morgan fingerprint density at radius 2 is 1.67 bits per heavy atom. The average Bonchev–Trinajstić information content (AvgIpc) is 2.71. The van der Waals surface area contributed by atoms with Gasteiger partial charge in [-0.2, -0.15) is 0 Å². The van der Waals surface area contributed by atoms with Gasteiger partial charge >= 0.3 is 0 Å². The van der Waals surface area contributed by atoms with E-state index in [1.807, 2.05) is 11.9 Å². The fourth-order valence-corrected chi connectivity index (χ4v) is 3.75. The molecule has 1 aliphatic heterocycles. The number of benzene rings is 1. The first kappa shape index (κ1) is 20.4. The normalized spacial score (nSPS) is 17.4. The summed E-state index contributed by atoms with van der Waals surface area (Å²) in [5.74, 6) is -3.08. The Morgan fingerprint density at radius 1 is 1.03 bits per heavy atom. The first-order valence-electron chi connectivity index (χ1n) is 9.42. The summed E-state index contributed by atoms with van der Waals surface area (Å²) in [6.45, 7) is 4.55. The maximum absolute atomic E-state index is 14.8. The number of ketones is 2. The van der Waals surface area contributed by atoms with Gasteiger partial charge in [-0.05, 0) is 38.2 Å². The molecular weight excluding hydrogens is 414 g/mol. The number of rotatable bonds is 3. The molecule has 1 saturated heterocycles. The van der Waals surface area contributed by atoms with Crippen LogP contribution in [0.3, 0.4) is 0 Å². The molecule has 4 rings (SSSR count). The zero-order chi connectivity index (χ0) is 21.6. The minimum atomic E-state index is -0.881. The van der Waals surface area contributed by atoms with Gasteiger partial charge < -0.3 is 15.1 Å². The molecule has 0 radical (unpaired) electrons. The Kier molecular flexibility index (Phi) is 5.29. The van der Waals surface area contributed by atoms with E-state index in [1.54, 1.807) is 13.0 Å². The number of hydrogen-bond acceptors (Lipinski definition) is 6. The highest BCUT2D eigenvalue weighted by molar-refractivity contribution is 6.50. The number of pyridine rings is 1. The lowest BCUT2D eigenvalue weighted by atomic mass is 9.96. The molecule has 0 spiro atoms. The molecule has 30 heavy (non-hydrogen) atoms. The van der Waals surface area contributed by atoms with Gasteiger partial charge in [0.25, 0.3) is 0 Å². The molecule has 1 aliphatic carbocycles. The summed E-state index contributed by atoms with van der Waals surface area (Å²) in [5, 5.41) is 1.96. The van der Waals surface area contributed by atoms with E-state index in [4.69, 9.17) is 11.6 Å². The van der Waals surface area contributed by atoms with E-state index >= 15 is 0 Å².